The van der Waals surface area contributed by atoms with Crippen molar-refractivity contribution in [1.82, 2.24) is 0 Å². The van der Waals surface area contributed by atoms with E-state index >= 15 is 0 Å². The zero-order valence-electron chi connectivity index (χ0n) is 10.4. The number of methoxy groups -OCH3 is 2. The van der Waals surface area contributed by atoms with Gasteiger partial charge in [0.2, 0.25) is 0 Å². The van der Waals surface area contributed by atoms with Crippen LogP contribution in [0.25, 0.3) is 0 Å². The van der Waals surface area contributed by atoms with Crippen molar-refractivity contribution in [2.75, 3.05) is 14.2 Å². The smallest absolute Gasteiger partial charge is 0.305 e. The predicted molar refractivity (Wildman–Crippen MR) is 68.2 cm³/mol. The van der Waals surface area contributed by atoms with Gasteiger partial charge < -0.3 is 9.47 Å². The number of carbonyl (C=O) groups is 2. The lowest BCUT2D eigenvalue weighted by molar-refractivity contribution is -0.140. The molecule has 1 rings (SSSR count). The van der Waals surface area contributed by atoms with Crippen LogP contribution in [0.1, 0.15) is 29.6 Å². The minimum atomic E-state index is -0.310. The van der Waals surface area contributed by atoms with Crippen LogP contribution in [0.4, 0.5) is 0 Å². The molecule has 0 amide bonds. The molecule has 0 atom stereocenters. The first-order chi connectivity index (χ1) is 8.58. The molecule has 18 heavy (non-hydrogen) atoms. The second kappa shape index (κ2) is 7.01. The highest BCUT2D eigenvalue weighted by Crippen LogP contribution is 2.25. The predicted octanol–water partition coefficient (Wildman–Crippen LogP) is 2.87. The van der Waals surface area contributed by atoms with Gasteiger partial charge in [0, 0.05) is 18.4 Å². The normalized spacial score (nSPS) is 9.94. The van der Waals surface area contributed by atoms with E-state index in [4.69, 9.17) is 16.3 Å². The minimum Gasteiger partial charge on any atom is -0.495 e. The number of ketones is 1. The lowest BCUT2D eigenvalue weighted by Gasteiger charge is -2.05. The quantitative estimate of drug-likeness (QED) is 0.589. The standard InChI is InChI=1S/C13H15ClO4/c1-17-12-7-6-9(8-10(12)14)11(15)4-3-5-13(16)18-2/h6-8H,3-5H2,1-2H3. The van der Waals surface area contributed by atoms with Crippen molar-refractivity contribution in [3.05, 3.63) is 28.8 Å². The van der Waals surface area contributed by atoms with Gasteiger partial charge in [0.1, 0.15) is 5.75 Å². The van der Waals surface area contributed by atoms with Crippen LogP contribution in [0.5, 0.6) is 5.75 Å². The summed E-state index contributed by atoms with van der Waals surface area (Å²) in [6, 6.07) is 4.88. The maximum Gasteiger partial charge on any atom is 0.305 e. The highest BCUT2D eigenvalue weighted by atomic mass is 35.5. The zero-order chi connectivity index (χ0) is 13.5. The molecule has 0 spiro atoms. The molecule has 0 saturated carbocycles. The van der Waals surface area contributed by atoms with E-state index in [9.17, 15) is 9.59 Å². The molecule has 1 aromatic rings. The zero-order valence-corrected chi connectivity index (χ0v) is 11.1. The highest BCUT2D eigenvalue weighted by molar-refractivity contribution is 6.32. The number of Topliss-reactive ketones (excluding diaryl/α,β-unsaturated/α-hetero) is 1. The number of rotatable bonds is 6. The molecule has 4 nitrogen and oxygen atoms in total. The van der Waals surface area contributed by atoms with Crippen molar-refractivity contribution in [2.45, 2.75) is 19.3 Å². The van der Waals surface area contributed by atoms with Crippen LogP contribution in [-0.4, -0.2) is 26.0 Å². The van der Waals surface area contributed by atoms with E-state index < -0.39 is 0 Å². The summed E-state index contributed by atoms with van der Waals surface area (Å²) in [6.07, 6.45) is 0.999. The van der Waals surface area contributed by atoms with E-state index in [0.717, 1.165) is 0 Å². The summed E-state index contributed by atoms with van der Waals surface area (Å²) in [7, 11) is 2.84. The van der Waals surface area contributed by atoms with E-state index in [1.165, 1.54) is 14.2 Å². The van der Waals surface area contributed by atoms with Crippen molar-refractivity contribution in [1.29, 1.82) is 0 Å². The Morgan fingerprint density at radius 3 is 2.50 bits per heavy atom. The molecular weight excluding hydrogens is 256 g/mol. The Morgan fingerprint density at radius 2 is 1.94 bits per heavy atom. The lowest BCUT2D eigenvalue weighted by Crippen LogP contribution is -2.04. The van der Waals surface area contributed by atoms with Gasteiger partial charge in [-0.3, -0.25) is 9.59 Å². The van der Waals surface area contributed by atoms with Crippen molar-refractivity contribution >= 4 is 23.4 Å². The number of hydrogen-bond donors (Lipinski definition) is 0. The van der Waals surface area contributed by atoms with Gasteiger partial charge in [-0.25, -0.2) is 0 Å². The summed E-state index contributed by atoms with van der Waals surface area (Å²) >= 11 is 5.93. The third-order valence-electron chi connectivity index (χ3n) is 2.49. The van der Waals surface area contributed by atoms with Gasteiger partial charge in [-0.15, -0.1) is 0 Å². The van der Waals surface area contributed by atoms with E-state index in [1.54, 1.807) is 18.2 Å². The Labute approximate surface area is 111 Å². The van der Waals surface area contributed by atoms with Gasteiger partial charge in [-0.2, -0.15) is 0 Å². The van der Waals surface area contributed by atoms with Gasteiger partial charge in [0.15, 0.2) is 5.78 Å². The Morgan fingerprint density at radius 1 is 1.22 bits per heavy atom. The average molecular weight is 271 g/mol. The summed E-state index contributed by atoms with van der Waals surface area (Å²) in [5.74, 6) is 0.168. The molecule has 0 N–H and O–H groups in total. The van der Waals surface area contributed by atoms with Gasteiger partial charge in [-0.05, 0) is 24.6 Å². The average Bonchev–Trinajstić information content (AvgIpc) is 2.38. The fourth-order valence-electron chi connectivity index (χ4n) is 1.48. The molecule has 0 aliphatic carbocycles. The molecule has 0 aliphatic heterocycles. The van der Waals surface area contributed by atoms with Crippen LogP contribution < -0.4 is 4.74 Å². The second-order valence-electron chi connectivity index (χ2n) is 3.70. The molecule has 98 valence electrons. The summed E-state index contributed by atoms with van der Waals surface area (Å²) in [6.45, 7) is 0. The maximum absolute atomic E-state index is 11.8. The molecule has 0 unspecified atom stereocenters. The van der Waals surface area contributed by atoms with Gasteiger partial charge >= 0.3 is 5.97 Å². The van der Waals surface area contributed by atoms with E-state index in [-0.39, 0.29) is 24.6 Å². The number of hydrogen-bond acceptors (Lipinski definition) is 4. The van der Waals surface area contributed by atoms with Gasteiger partial charge in [0.05, 0.1) is 19.2 Å². The fourth-order valence-corrected chi connectivity index (χ4v) is 1.74. The van der Waals surface area contributed by atoms with E-state index in [2.05, 4.69) is 4.74 Å². The molecular formula is C13H15ClO4. The summed E-state index contributed by atoms with van der Waals surface area (Å²) in [4.78, 5) is 22.7. The van der Waals surface area contributed by atoms with Crippen LogP contribution in [0, 0.1) is 0 Å². The molecule has 0 heterocycles. The molecule has 5 heteroatoms. The monoisotopic (exact) mass is 270 g/mol. The first-order valence-electron chi connectivity index (χ1n) is 5.52. The van der Waals surface area contributed by atoms with Gasteiger partial charge in [0.25, 0.3) is 0 Å². The van der Waals surface area contributed by atoms with Gasteiger partial charge in [-0.1, -0.05) is 11.6 Å². The van der Waals surface area contributed by atoms with Crippen molar-refractivity contribution in [3.8, 4) is 5.75 Å². The second-order valence-corrected chi connectivity index (χ2v) is 4.11. The number of ether oxygens (including phenoxy) is 2. The number of halogens is 1. The summed E-state index contributed by atoms with van der Waals surface area (Å²) in [5.41, 5.74) is 0.519. The van der Waals surface area contributed by atoms with E-state index in [0.29, 0.717) is 22.8 Å². The molecule has 1 aromatic carbocycles. The molecule has 0 aromatic heterocycles. The van der Waals surface area contributed by atoms with Crippen molar-refractivity contribution in [2.24, 2.45) is 0 Å². The minimum absolute atomic E-state index is 0.0524. The first-order valence-corrected chi connectivity index (χ1v) is 5.90. The maximum atomic E-state index is 11.8. The number of benzene rings is 1. The van der Waals surface area contributed by atoms with Crippen LogP contribution in [0.15, 0.2) is 18.2 Å². The molecule has 0 radical (unpaired) electrons. The topological polar surface area (TPSA) is 52.6 Å². The lowest BCUT2D eigenvalue weighted by atomic mass is 10.1. The fraction of sp³-hybridized carbons (Fsp3) is 0.385. The number of carbonyl (C=O) groups excluding carboxylic acids is 2. The third kappa shape index (κ3) is 4.04. The molecule has 0 bridgehead atoms. The highest BCUT2D eigenvalue weighted by Gasteiger charge is 2.10. The number of esters is 1. The Bertz CT molecular complexity index is 443. The third-order valence-corrected chi connectivity index (χ3v) is 2.78. The van der Waals surface area contributed by atoms with Crippen LogP contribution in [-0.2, 0) is 9.53 Å². The Balaban J connectivity index is 2.56. The van der Waals surface area contributed by atoms with Crippen LogP contribution in [0.2, 0.25) is 5.02 Å². The SMILES string of the molecule is COC(=O)CCCC(=O)c1ccc(OC)c(Cl)c1. The van der Waals surface area contributed by atoms with E-state index in [1.807, 2.05) is 0 Å². The van der Waals surface area contributed by atoms with Crippen LogP contribution >= 0.6 is 11.6 Å². The summed E-state index contributed by atoms with van der Waals surface area (Å²) in [5, 5.41) is 0.399. The Hall–Kier alpha value is -1.55. The van der Waals surface area contributed by atoms with Crippen molar-refractivity contribution < 1.29 is 19.1 Å². The molecule has 0 aliphatic rings. The largest absolute Gasteiger partial charge is 0.495 e. The molecule has 0 fully saturated rings. The van der Waals surface area contributed by atoms with Crippen molar-refractivity contribution in [3.63, 3.8) is 0 Å². The summed E-state index contributed by atoms with van der Waals surface area (Å²) < 4.78 is 9.50. The Kier molecular flexibility index (Phi) is 5.65. The first kappa shape index (κ1) is 14.5. The molecule has 0 saturated heterocycles. The van der Waals surface area contributed by atoms with Crippen LogP contribution in [0.3, 0.4) is 0 Å².